The number of nitrogens with zero attached hydrogens (tertiary/aromatic N) is 21. The molecule has 22 rings (SSSR count). The fourth-order valence-corrected chi connectivity index (χ4v) is 19.6. The topological polar surface area (TPSA) is 247 Å². The molecule has 0 aliphatic carbocycles. The van der Waals surface area contributed by atoms with Crippen molar-refractivity contribution in [3.05, 3.63) is 363 Å². The van der Waals surface area contributed by atoms with Crippen molar-refractivity contribution >= 4 is 65.4 Å². The first-order valence-electron chi connectivity index (χ1n) is 46.1. The van der Waals surface area contributed by atoms with Crippen molar-refractivity contribution in [1.82, 2.24) is 103 Å². The zero-order valence-electron chi connectivity index (χ0n) is 80.6. The molecule has 9 aromatic heterocycles. The Bertz CT molecular complexity index is 8460. The molecular weight excluding hydrogens is 1690 g/mol. The van der Waals surface area contributed by atoms with Gasteiger partial charge in [0.1, 0.15) is 69.9 Å². The van der Waals surface area contributed by atoms with Crippen LogP contribution in [0.1, 0.15) is 114 Å². The summed E-state index contributed by atoms with van der Waals surface area (Å²) in [7, 11) is 0. The Labute approximate surface area is 795 Å². The predicted molar refractivity (Wildman–Crippen MR) is 552 cm³/mol. The summed E-state index contributed by atoms with van der Waals surface area (Å²) in [6.07, 6.45) is 0. The minimum absolute atomic E-state index is 0.602. The molecule has 0 spiro atoms. The van der Waals surface area contributed by atoms with Crippen LogP contribution in [0.3, 0.4) is 0 Å². The van der Waals surface area contributed by atoms with Gasteiger partial charge in [0, 0.05) is 65.7 Å². The van der Waals surface area contributed by atoms with Gasteiger partial charge in [0.2, 0.25) is 0 Å². The molecule has 0 saturated carbocycles. The van der Waals surface area contributed by atoms with Gasteiger partial charge in [-0.25, -0.2) is 89.7 Å². The molecule has 0 atom stereocenters. The Kier molecular flexibility index (Phi) is 23.0. The summed E-state index contributed by atoms with van der Waals surface area (Å²) < 4.78 is 7.02. The van der Waals surface area contributed by atoms with Gasteiger partial charge in [-0.1, -0.05) is 174 Å². The number of benzene rings is 13. The van der Waals surface area contributed by atoms with E-state index < -0.39 is 0 Å². The second kappa shape index (κ2) is 35.7. The molecule has 22 aromatic rings. The summed E-state index contributed by atoms with van der Waals surface area (Å²) in [6, 6.07) is 89.8. The number of aromatic nitrogens is 21. The molecule has 0 fully saturated rings. The van der Waals surface area contributed by atoms with Gasteiger partial charge in [0.05, 0.1) is 50.2 Å². The fraction of sp³-hybridized carbons (Fsp3) is 0.172. The fourth-order valence-electron chi connectivity index (χ4n) is 19.6. The molecule has 21 heteroatoms. The van der Waals surface area contributed by atoms with Crippen molar-refractivity contribution < 1.29 is 0 Å². The normalized spacial score (nSPS) is 11.5. The minimum Gasteiger partial charge on any atom is -0.309 e. The van der Waals surface area contributed by atoms with E-state index in [1.54, 1.807) is 0 Å². The maximum absolute atomic E-state index is 4.89. The van der Waals surface area contributed by atoms with Crippen LogP contribution < -0.4 is 0 Å². The minimum atomic E-state index is 0.602. The van der Waals surface area contributed by atoms with E-state index in [2.05, 4.69) is 368 Å². The lowest BCUT2D eigenvalue weighted by atomic mass is 9.96. The Hall–Kier alpha value is -16.7. The van der Waals surface area contributed by atoms with Crippen LogP contribution >= 0.6 is 0 Å². The zero-order valence-corrected chi connectivity index (χ0v) is 80.6. The summed E-state index contributed by atoms with van der Waals surface area (Å²) in [6.45, 7) is 40.0. The largest absolute Gasteiger partial charge is 0.309 e. The van der Waals surface area contributed by atoms with Crippen LogP contribution in [0, 0.1) is 138 Å². The number of hydrogen-bond donors (Lipinski definition) is 0. The second-order valence-corrected chi connectivity index (χ2v) is 36.0. The van der Waals surface area contributed by atoms with E-state index in [4.69, 9.17) is 39.9 Å². The third-order valence-electron chi connectivity index (χ3n) is 25.2. The van der Waals surface area contributed by atoms with Crippen molar-refractivity contribution in [3.8, 4) is 130 Å². The van der Waals surface area contributed by atoms with Crippen LogP contribution in [-0.4, -0.2) is 103 Å². The van der Waals surface area contributed by atoms with Crippen molar-refractivity contribution in [2.75, 3.05) is 0 Å². The van der Waals surface area contributed by atoms with Crippen LogP contribution in [0.5, 0.6) is 0 Å². The lowest BCUT2D eigenvalue weighted by Gasteiger charge is -2.16. The molecule has 0 aliphatic heterocycles. The van der Waals surface area contributed by atoms with Gasteiger partial charge in [-0.15, -0.1) is 0 Å². The molecule has 21 nitrogen and oxygen atoms in total. The monoisotopic (exact) mass is 1790 g/mol. The van der Waals surface area contributed by atoms with Crippen LogP contribution in [0.4, 0.5) is 0 Å². The van der Waals surface area contributed by atoms with E-state index in [1.165, 1.54) is 121 Å². The molecule has 0 radical (unpaired) electrons. The van der Waals surface area contributed by atoms with Gasteiger partial charge in [0.25, 0.3) is 0 Å². The first-order valence-corrected chi connectivity index (χ1v) is 46.1. The Morgan fingerprint density at radius 2 is 0.365 bits per heavy atom. The summed E-state index contributed by atoms with van der Waals surface area (Å²) >= 11 is 0. The smallest absolute Gasteiger partial charge is 0.165 e. The number of rotatable bonds is 13. The molecule has 670 valence electrons. The van der Waals surface area contributed by atoms with E-state index in [9.17, 15) is 0 Å². The second-order valence-electron chi connectivity index (χ2n) is 36.0. The Balaban J connectivity index is 0.000000128. The maximum atomic E-state index is 4.89. The third kappa shape index (κ3) is 17.3. The molecule has 0 saturated heterocycles. The van der Waals surface area contributed by atoms with E-state index >= 15 is 0 Å². The maximum Gasteiger partial charge on any atom is 0.165 e. The molecule has 9 heterocycles. The first-order chi connectivity index (χ1) is 66.0. The highest BCUT2D eigenvalue weighted by Crippen LogP contribution is 2.46. The van der Waals surface area contributed by atoms with E-state index in [1.807, 2.05) is 83.1 Å². The standard InChI is InChI=1S/C44H39N7.2C36H31N7/c1-24-9-14-35(26(3)19-24)32-11-16-37-38-17-12-33(36-15-10-25(2)20-27(36)4)23-42(38)51(41(37)22-32)40-18-13-34(43-47-28(5)45-29(6)48-43)21-39(40)44-49-30(7)46-31(8)50-44;1-20-11-14-28(21(2)17-20)26-12-15-30-29-9-7-8-10-32(29)43(34(30)19-26)33-16-13-27(35-39-22(3)37-23(4)40-35)18-31(33)36-41-24(5)38-25(6)42-36;1-20-11-14-28(21(2)17-20)26-12-15-33-30(18-26)29-9-7-8-10-32(29)43(33)34-16-13-27(35-39-22(3)37-23(4)40-35)19-31(34)36-41-24(5)38-25(6)42-36/h9-23H,1-8H3;2*7-19H,1-6H3. The molecule has 137 heavy (non-hydrogen) atoms. The summed E-state index contributed by atoms with van der Waals surface area (Å²) in [5.41, 5.74) is 34.4. The number of hydrogen-bond acceptors (Lipinski definition) is 18. The molecule has 0 amide bonds. The lowest BCUT2D eigenvalue weighted by Crippen LogP contribution is -2.05. The van der Waals surface area contributed by atoms with Crippen LogP contribution in [0.15, 0.2) is 249 Å². The molecule has 0 N–H and O–H groups in total. The van der Waals surface area contributed by atoms with Gasteiger partial charge in [-0.2, -0.15) is 0 Å². The highest BCUT2D eigenvalue weighted by atomic mass is 15.1. The highest BCUT2D eigenvalue weighted by Gasteiger charge is 2.27. The quantitative estimate of drug-likeness (QED) is 0.104. The molecule has 0 bridgehead atoms. The SMILES string of the molecule is Cc1ccc(-c2ccc3c(c2)c2ccccc2n3-c2ccc(-c3nc(C)nc(C)n3)cc2-c2nc(C)nc(C)n2)c(C)c1.Cc1ccc(-c2ccc3c4ccc(-c5ccc(C)cc5C)cc4n(-c4ccc(-c5nc(C)nc(C)n5)cc4-c4nc(C)nc(C)n4)c3c2)c(C)c1.Cc1ccc(-c2ccc3c4ccccc4n(-c4ccc(-c5nc(C)nc(C)n5)cc4-c4nc(C)nc(C)n4)c3c2)c(C)c1. The molecule has 0 unspecified atom stereocenters. The summed E-state index contributed by atoms with van der Waals surface area (Å²) in [4.78, 5) is 83.5. The molecule has 0 aliphatic rings. The van der Waals surface area contributed by atoms with Gasteiger partial charge in [-0.3, -0.25) is 0 Å². The lowest BCUT2D eigenvalue weighted by molar-refractivity contribution is 0.923. The molecular formula is C116H101N21. The van der Waals surface area contributed by atoms with Gasteiger partial charge >= 0.3 is 0 Å². The van der Waals surface area contributed by atoms with Crippen LogP contribution in [0.2, 0.25) is 0 Å². The van der Waals surface area contributed by atoms with Crippen molar-refractivity contribution in [1.29, 1.82) is 0 Å². The summed E-state index contributed by atoms with van der Waals surface area (Å²) in [5, 5.41) is 7.10. The highest BCUT2D eigenvalue weighted by molar-refractivity contribution is 6.14. The first kappa shape index (κ1) is 88.3. The average molecular weight is 1790 g/mol. The van der Waals surface area contributed by atoms with Crippen molar-refractivity contribution in [2.24, 2.45) is 0 Å². The summed E-state index contributed by atoms with van der Waals surface area (Å²) in [5.74, 6) is 11.8. The van der Waals surface area contributed by atoms with Crippen molar-refractivity contribution in [2.45, 2.75) is 138 Å². The molecule has 13 aromatic carbocycles. The van der Waals surface area contributed by atoms with Gasteiger partial charge in [-0.05, 0) is 302 Å². The Morgan fingerprint density at radius 1 is 0.146 bits per heavy atom. The van der Waals surface area contributed by atoms with Crippen molar-refractivity contribution in [3.63, 3.8) is 0 Å². The third-order valence-corrected chi connectivity index (χ3v) is 25.2. The number of para-hydroxylation sites is 2. The van der Waals surface area contributed by atoms with Gasteiger partial charge < -0.3 is 13.7 Å². The predicted octanol–water partition coefficient (Wildman–Crippen LogP) is 26.3. The zero-order chi connectivity index (χ0) is 95.2. The average Bonchev–Trinajstić information content (AvgIpc) is 1.58. The number of aryl methyl sites for hydroxylation is 20. The number of fused-ring (bicyclic) bond motifs is 9. The van der Waals surface area contributed by atoms with E-state index in [0.717, 1.165) is 83.5 Å². The van der Waals surface area contributed by atoms with Gasteiger partial charge in [0.15, 0.2) is 34.9 Å². The van der Waals surface area contributed by atoms with E-state index in [0.29, 0.717) is 105 Å². The van der Waals surface area contributed by atoms with E-state index in [-0.39, 0.29) is 0 Å². The Morgan fingerprint density at radius 3 is 0.650 bits per heavy atom. The van der Waals surface area contributed by atoms with Crippen LogP contribution in [0.25, 0.3) is 195 Å². The van der Waals surface area contributed by atoms with Crippen LogP contribution in [-0.2, 0) is 0 Å².